The summed E-state index contributed by atoms with van der Waals surface area (Å²) in [7, 11) is 0. The molecule has 0 radical (unpaired) electrons. The predicted octanol–water partition coefficient (Wildman–Crippen LogP) is 3.90. The van der Waals surface area contributed by atoms with Crippen molar-refractivity contribution in [3.8, 4) is 0 Å². The highest BCUT2D eigenvalue weighted by atomic mass is 79.9. The molecule has 1 aromatic heterocycles. The fraction of sp³-hybridized carbons (Fsp3) is 0.333. The molecular formula is C15H16BrN3. The molecule has 2 aromatic rings. The number of nitrogens with zero attached hydrogens (tertiary/aromatic N) is 2. The first-order valence-corrected chi connectivity index (χ1v) is 7.38. The van der Waals surface area contributed by atoms with Gasteiger partial charge >= 0.3 is 0 Å². The van der Waals surface area contributed by atoms with Crippen LogP contribution in [0.25, 0.3) is 0 Å². The minimum Gasteiger partial charge on any atom is -0.363 e. The van der Waals surface area contributed by atoms with Crippen LogP contribution in [0.2, 0.25) is 0 Å². The number of rotatable bonds is 3. The smallest absolute Gasteiger partial charge is 0.133 e. The fourth-order valence-corrected chi connectivity index (χ4v) is 2.79. The lowest BCUT2D eigenvalue weighted by atomic mass is 10.1. The zero-order valence-electron chi connectivity index (χ0n) is 10.9. The molecule has 3 rings (SSSR count). The zero-order chi connectivity index (χ0) is 13.2. The maximum absolute atomic E-state index is 4.40. The van der Waals surface area contributed by atoms with E-state index in [1.54, 1.807) is 6.33 Å². The number of anilines is 1. The largest absolute Gasteiger partial charge is 0.363 e. The van der Waals surface area contributed by atoms with E-state index in [-0.39, 0.29) is 6.04 Å². The molecule has 1 aliphatic rings. The molecule has 98 valence electrons. The van der Waals surface area contributed by atoms with Crippen LogP contribution >= 0.6 is 15.9 Å². The van der Waals surface area contributed by atoms with Gasteiger partial charge in [0.2, 0.25) is 0 Å². The van der Waals surface area contributed by atoms with Gasteiger partial charge in [-0.05, 0) is 43.9 Å². The van der Waals surface area contributed by atoms with Crippen molar-refractivity contribution < 1.29 is 0 Å². The first-order valence-electron chi connectivity index (χ1n) is 6.59. The summed E-state index contributed by atoms with van der Waals surface area (Å²) in [5.74, 6) is 0.998. The Hall–Kier alpha value is -1.42. The van der Waals surface area contributed by atoms with E-state index in [9.17, 15) is 0 Å². The Balaban J connectivity index is 1.82. The number of aryl methyl sites for hydroxylation is 1. The quantitative estimate of drug-likeness (QED) is 0.933. The highest BCUT2D eigenvalue weighted by molar-refractivity contribution is 9.10. The van der Waals surface area contributed by atoms with Gasteiger partial charge in [-0.15, -0.1) is 0 Å². The van der Waals surface area contributed by atoms with Gasteiger partial charge in [0.25, 0.3) is 0 Å². The molecule has 0 saturated heterocycles. The number of benzene rings is 1. The SMILES string of the molecule is CC(Nc1ncnc2c1CCC2)c1ccc(Br)cc1. The van der Waals surface area contributed by atoms with E-state index in [4.69, 9.17) is 0 Å². The van der Waals surface area contributed by atoms with E-state index >= 15 is 0 Å². The summed E-state index contributed by atoms with van der Waals surface area (Å²) in [6, 6.07) is 8.63. The van der Waals surface area contributed by atoms with Crippen molar-refractivity contribution in [2.75, 3.05) is 5.32 Å². The van der Waals surface area contributed by atoms with Gasteiger partial charge in [-0.1, -0.05) is 28.1 Å². The molecule has 1 N–H and O–H groups in total. The Morgan fingerprint density at radius 1 is 1.16 bits per heavy atom. The van der Waals surface area contributed by atoms with Crippen LogP contribution in [0.4, 0.5) is 5.82 Å². The van der Waals surface area contributed by atoms with Crippen molar-refractivity contribution in [2.24, 2.45) is 0 Å². The molecule has 0 bridgehead atoms. The number of hydrogen-bond acceptors (Lipinski definition) is 3. The van der Waals surface area contributed by atoms with Crippen molar-refractivity contribution in [3.05, 3.63) is 51.9 Å². The highest BCUT2D eigenvalue weighted by Crippen LogP contribution is 2.28. The van der Waals surface area contributed by atoms with Gasteiger partial charge in [-0.2, -0.15) is 0 Å². The number of hydrogen-bond donors (Lipinski definition) is 1. The molecule has 1 aromatic carbocycles. The molecule has 19 heavy (non-hydrogen) atoms. The summed E-state index contributed by atoms with van der Waals surface area (Å²) in [6.07, 6.45) is 5.03. The van der Waals surface area contributed by atoms with Crippen molar-refractivity contribution in [2.45, 2.75) is 32.2 Å². The lowest BCUT2D eigenvalue weighted by Gasteiger charge is -2.17. The zero-order valence-corrected chi connectivity index (χ0v) is 12.4. The van der Waals surface area contributed by atoms with Crippen molar-refractivity contribution >= 4 is 21.7 Å². The van der Waals surface area contributed by atoms with E-state index in [0.717, 1.165) is 23.1 Å². The third-order valence-electron chi connectivity index (χ3n) is 3.60. The topological polar surface area (TPSA) is 37.8 Å². The summed E-state index contributed by atoms with van der Waals surface area (Å²) in [6.45, 7) is 2.16. The van der Waals surface area contributed by atoms with Gasteiger partial charge in [-0.3, -0.25) is 0 Å². The molecule has 0 saturated carbocycles. The molecule has 1 atom stereocenters. The Labute approximate surface area is 121 Å². The van der Waals surface area contributed by atoms with Crippen LogP contribution in [0, 0.1) is 0 Å². The molecule has 0 aliphatic heterocycles. The van der Waals surface area contributed by atoms with E-state index in [1.165, 1.54) is 23.2 Å². The maximum atomic E-state index is 4.40. The number of aromatic nitrogens is 2. The summed E-state index contributed by atoms with van der Waals surface area (Å²) in [5.41, 5.74) is 3.76. The fourth-order valence-electron chi connectivity index (χ4n) is 2.52. The van der Waals surface area contributed by atoms with E-state index in [1.807, 2.05) is 0 Å². The van der Waals surface area contributed by atoms with Gasteiger partial charge in [0, 0.05) is 21.8 Å². The first-order chi connectivity index (χ1) is 9.24. The van der Waals surface area contributed by atoms with E-state index in [2.05, 4.69) is 62.4 Å². The molecule has 0 amide bonds. The number of nitrogens with one attached hydrogen (secondary N) is 1. The maximum Gasteiger partial charge on any atom is 0.133 e. The molecule has 0 spiro atoms. The van der Waals surface area contributed by atoms with Crippen LogP contribution in [0.5, 0.6) is 0 Å². The molecular weight excluding hydrogens is 302 g/mol. The van der Waals surface area contributed by atoms with Gasteiger partial charge in [0.1, 0.15) is 12.1 Å². The summed E-state index contributed by atoms with van der Waals surface area (Å²) in [4.78, 5) is 8.76. The summed E-state index contributed by atoms with van der Waals surface area (Å²) < 4.78 is 1.10. The van der Waals surface area contributed by atoms with Crippen molar-refractivity contribution in [1.29, 1.82) is 0 Å². The minimum atomic E-state index is 0.243. The Morgan fingerprint density at radius 2 is 1.95 bits per heavy atom. The average Bonchev–Trinajstić information content (AvgIpc) is 2.89. The predicted molar refractivity (Wildman–Crippen MR) is 80.2 cm³/mol. The Bertz CT molecular complexity index is 580. The van der Waals surface area contributed by atoms with Crippen LogP contribution in [-0.2, 0) is 12.8 Å². The second-order valence-corrected chi connectivity index (χ2v) is 5.83. The first kappa shape index (κ1) is 12.6. The molecule has 1 unspecified atom stereocenters. The normalized spacial score (nSPS) is 15.1. The lowest BCUT2D eigenvalue weighted by molar-refractivity contribution is 0.862. The molecule has 1 aliphatic carbocycles. The van der Waals surface area contributed by atoms with E-state index in [0.29, 0.717) is 0 Å². The van der Waals surface area contributed by atoms with Crippen molar-refractivity contribution in [1.82, 2.24) is 9.97 Å². The second-order valence-electron chi connectivity index (χ2n) is 4.92. The number of halogens is 1. The second kappa shape index (κ2) is 5.29. The van der Waals surface area contributed by atoms with Gasteiger partial charge in [0.15, 0.2) is 0 Å². The van der Waals surface area contributed by atoms with Crippen LogP contribution < -0.4 is 5.32 Å². The average molecular weight is 318 g/mol. The standard InChI is InChI=1S/C15H16BrN3/c1-10(11-5-7-12(16)8-6-11)19-15-13-3-2-4-14(13)17-9-18-15/h5-10H,2-4H2,1H3,(H,17,18,19). The van der Waals surface area contributed by atoms with Crippen LogP contribution in [0.1, 0.15) is 36.2 Å². The van der Waals surface area contributed by atoms with E-state index < -0.39 is 0 Å². The van der Waals surface area contributed by atoms with Crippen LogP contribution in [0.15, 0.2) is 35.1 Å². The van der Waals surface area contributed by atoms with Gasteiger partial charge in [-0.25, -0.2) is 9.97 Å². The minimum absolute atomic E-state index is 0.243. The summed E-state index contributed by atoms with van der Waals surface area (Å²) in [5, 5.41) is 3.51. The number of fused-ring (bicyclic) bond motifs is 1. The highest BCUT2D eigenvalue weighted by Gasteiger charge is 2.18. The lowest BCUT2D eigenvalue weighted by Crippen LogP contribution is -2.10. The third kappa shape index (κ3) is 2.63. The Morgan fingerprint density at radius 3 is 2.74 bits per heavy atom. The Kier molecular flexibility index (Phi) is 3.51. The molecule has 3 nitrogen and oxygen atoms in total. The van der Waals surface area contributed by atoms with Crippen LogP contribution in [-0.4, -0.2) is 9.97 Å². The summed E-state index contributed by atoms with van der Waals surface area (Å²) >= 11 is 3.46. The van der Waals surface area contributed by atoms with Crippen LogP contribution in [0.3, 0.4) is 0 Å². The molecule has 1 heterocycles. The third-order valence-corrected chi connectivity index (χ3v) is 4.13. The molecule has 4 heteroatoms. The van der Waals surface area contributed by atoms with Gasteiger partial charge in [0.05, 0.1) is 0 Å². The molecule has 0 fully saturated rings. The van der Waals surface area contributed by atoms with Gasteiger partial charge < -0.3 is 5.32 Å². The van der Waals surface area contributed by atoms with Crippen molar-refractivity contribution in [3.63, 3.8) is 0 Å². The monoisotopic (exact) mass is 317 g/mol.